The van der Waals surface area contributed by atoms with Gasteiger partial charge >= 0.3 is 5.97 Å². The third-order valence-corrected chi connectivity index (χ3v) is 7.67. The van der Waals surface area contributed by atoms with Crippen molar-refractivity contribution in [1.82, 2.24) is 0 Å². The molecule has 2 aliphatic carbocycles. The molecular formula is C27H34O3. The Morgan fingerprint density at radius 2 is 1.67 bits per heavy atom. The maximum Gasteiger partial charge on any atom is 0.306 e. The van der Waals surface area contributed by atoms with E-state index in [4.69, 9.17) is 4.74 Å². The molecule has 4 rings (SSSR count). The molecule has 5 atom stereocenters. The highest BCUT2D eigenvalue weighted by atomic mass is 16.5. The number of fused-ring (bicyclic) bond motifs is 1. The van der Waals surface area contributed by atoms with Gasteiger partial charge in [0.1, 0.15) is 6.10 Å². The molecule has 3 heteroatoms. The van der Waals surface area contributed by atoms with Gasteiger partial charge in [0, 0.05) is 11.8 Å². The minimum atomic E-state index is -0.393. The van der Waals surface area contributed by atoms with Crippen LogP contribution in [0.1, 0.15) is 56.6 Å². The first-order chi connectivity index (χ1) is 14.6. The summed E-state index contributed by atoms with van der Waals surface area (Å²) in [4.78, 5) is 12.8. The van der Waals surface area contributed by atoms with Crippen molar-refractivity contribution in [2.75, 3.05) is 0 Å². The SMILES string of the molecule is C[C@]1([C@H](CCc2ccccc2)OC(=O)CCc2ccccc2)[C@@H]2CCC[C@@H]2C[C@@H]1O. The van der Waals surface area contributed by atoms with Crippen LogP contribution in [0, 0.1) is 17.3 Å². The van der Waals surface area contributed by atoms with Gasteiger partial charge in [-0.2, -0.15) is 0 Å². The Labute approximate surface area is 180 Å². The predicted octanol–water partition coefficient (Wildman–Crippen LogP) is 5.35. The Balaban J connectivity index is 1.47. The number of ether oxygens (including phenoxy) is 1. The zero-order chi connectivity index (χ0) is 21.0. The molecule has 160 valence electrons. The van der Waals surface area contributed by atoms with Gasteiger partial charge < -0.3 is 9.84 Å². The van der Waals surface area contributed by atoms with Gasteiger partial charge in [-0.25, -0.2) is 0 Å². The zero-order valence-electron chi connectivity index (χ0n) is 18.0. The number of aliphatic hydroxyl groups excluding tert-OH is 1. The normalized spacial score (nSPS) is 28.8. The maximum atomic E-state index is 12.8. The van der Waals surface area contributed by atoms with E-state index in [0.717, 1.165) is 31.2 Å². The quantitative estimate of drug-likeness (QED) is 0.601. The average molecular weight is 407 g/mol. The van der Waals surface area contributed by atoms with E-state index >= 15 is 0 Å². The van der Waals surface area contributed by atoms with Gasteiger partial charge in [-0.05, 0) is 55.1 Å². The molecule has 2 aliphatic rings. The predicted molar refractivity (Wildman–Crippen MR) is 119 cm³/mol. The summed E-state index contributed by atoms with van der Waals surface area (Å²) in [6, 6.07) is 20.5. The van der Waals surface area contributed by atoms with Crippen LogP contribution in [0.15, 0.2) is 60.7 Å². The average Bonchev–Trinajstić information content (AvgIpc) is 3.33. The first-order valence-corrected chi connectivity index (χ1v) is 11.5. The van der Waals surface area contributed by atoms with E-state index in [2.05, 4.69) is 31.2 Å². The van der Waals surface area contributed by atoms with Crippen LogP contribution in [-0.2, 0) is 22.4 Å². The first-order valence-electron chi connectivity index (χ1n) is 11.5. The lowest BCUT2D eigenvalue weighted by Crippen LogP contribution is -2.46. The highest BCUT2D eigenvalue weighted by molar-refractivity contribution is 5.70. The van der Waals surface area contributed by atoms with Crippen LogP contribution in [0.2, 0.25) is 0 Å². The number of benzene rings is 2. The van der Waals surface area contributed by atoms with Gasteiger partial charge in [-0.1, -0.05) is 80.4 Å². The first kappa shape index (κ1) is 21.1. The van der Waals surface area contributed by atoms with Crippen molar-refractivity contribution >= 4 is 5.97 Å². The molecule has 2 fully saturated rings. The topological polar surface area (TPSA) is 46.5 Å². The third-order valence-electron chi connectivity index (χ3n) is 7.67. The molecule has 2 aromatic rings. The Morgan fingerprint density at radius 3 is 2.33 bits per heavy atom. The highest BCUT2D eigenvalue weighted by Crippen LogP contribution is 2.57. The molecule has 2 saturated carbocycles. The fourth-order valence-corrected chi connectivity index (χ4v) is 5.93. The number of aliphatic hydroxyl groups is 1. The molecule has 0 aliphatic heterocycles. The second-order valence-corrected chi connectivity index (χ2v) is 9.40. The van der Waals surface area contributed by atoms with E-state index in [9.17, 15) is 9.90 Å². The Kier molecular flexibility index (Phi) is 6.58. The fourth-order valence-electron chi connectivity index (χ4n) is 5.93. The van der Waals surface area contributed by atoms with Crippen molar-refractivity contribution in [3.8, 4) is 0 Å². The van der Waals surface area contributed by atoms with Crippen LogP contribution in [0.25, 0.3) is 0 Å². The molecule has 2 aromatic carbocycles. The molecule has 1 N–H and O–H groups in total. The van der Waals surface area contributed by atoms with Crippen LogP contribution in [0.3, 0.4) is 0 Å². The van der Waals surface area contributed by atoms with Crippen molar-refractivity contribution in [3.05, 3.63) is 71.8 Å². The molecule has 0 heterocycles. The van der Waals surface area contributed by atoms with Crippen LogP contribution in [-0.4, -0.2) is 23.3 Å². The number of carbonyl (C=O) groups excluding carboxylic acids is 1. The van der Waals surface area contributed by atoms with Crippen molar-refractivity contribution in [2.24, 2.45) is 17.3 Å². The molecule has 0 aromatic heterocycles. The Hall–Kier alpha value is -2.13. The summed E-state index contributed by atoms with van der Waals surface area (Å²) in [6.45, 7) is 2.17. The van der Waals surface area contributed by atoms with Crippen molar-refractivity contribution in [2.45, 2.75) is 70.5 Å². The number of carbonyl (C=O) groups is 1. The Bertz CT molecular complexity index is 819. The lowest BCUT2D eigenvalue weighted by atomic mass is 9.70. The van der Waals surface area contributed by atoms with Gasteiger partial charge in [0.25, 0.3) is 0 Å². The van der Waals surface area contributed by atoms with Gasteiger partial charge in [0.15, 0.2) is 0 Å². The summed E-state index contributed by atoms with van der Waals surface area (Å²) in [6.07, 6.45) is 6.47. The van der Waals surface area contributed by atoms with E-state index < -0.39 is 6.10 Å². The minimum absolute atomic E-state index is 0.146. The second kappa shape index (κ2) is 9.34. The molecule has 0 bridgehead atoms. The second-order valence-electron chi connectivity index (χ2n) is 9.40. The summed E-state index contributed by atoms with van der Waals surface area (Å²) in [7, 11) is 0. The molecular weight excluding hydrogens is 372 g/mol. The molecule has 30 heavy (non-hydrogen) atoms. The molecule has 0 unspecified atom stereocenters. The Morgan fingerprint density at radius 1 is 1.03 bits per heavy atom. The van der Waals surface area contributed by atoms with Gasteiger partial charge in [-0.3, -0.25) is 4.79 Å². The lowest BCUT2D eigenvalue weighted by molar-refractivity contribution is -0.164. The van der Waals surface area contributed by atoms with E-state index in [1.807, 2.05) is 36.4 Å². The van der Waals surface area contributed by atoms with E-state index in [1.54, 1.807) is 0 Å². The van der Waals surface area contributed by atoms with E-state index in [1.165, 1.54) is 18.4 Å². The van der Waals surface area contributed by atoms with Crippen LogP contribution in [0.4, 0.5) is 0 Å². The number of hydrogen-bond acceptors (Lipinski definition) is 3. The molecule has 3 nitrogen and oxygen atoms in total. The largest absolute Gasteiger partial charge is 0.462 e. The van der Waals surface area contributed by atoms with Gasteiger partial charge in [-0.15, -0.1) is 0 Å². The monoisotopic (exact) mass is 406 g/mol. The maximum absolute atomic E-state index is 12.8. The summed E-state index contributed by atoms with van der Waals surface area (Å²) in [5.74, 6) is 0.884. The van der Waals surface area contributed by atoms with Gasteiger partial charge in [0.2, 0.25) is 0 Å². The third kappa shape index (κ3) is 4.46. The molecule has 0 radical (unpaired) electrons. The standard InChI is InChI=1S/C27H34O3/c1-27(23-14-8-13-22(23)19-24(27)28)25(17-15-20-9-4-2-5-10-20)30-26(29)18-16-21-11-6-3-7-12-21/h2-7,9-12,22-25,28H,8,13-19H2,1H3/t22-,23-,24+,25+,27+/m1/s1. The van der Waals surface area contributed by atoms with Crippen molar-refractivity contribution in [3.63, 3.8) is 0 Å². The van der Waals surface area contributed by atoms with E-state index in [-0.39, 0.29) is 17.5 Å². The number of aryl methyl sites for hydroxylation is 2. The lowest BCUT2D eigenvalue weighted by Gasteiger charge is -2.41. The van der Waals surface area contributed by atoms with Crippen LogP contribution >= 0.6 is 0 Å². The van der Waals surface area contributed by atoms with Crippen molar-refractivity contribution in [1.29, 1.82) is 0 Å². The minimum Gasteiger partial charge on any atom is -0.462 e. The summed E-state index contributed by atoms with van der Waals surface area (Å²) in [5.41, 5.74) is 2.05. The summed E-state index contributed by atoms with van der Waals surface area (Å²) >= 11 is 0. The van der Waals surface area contributed by atoms with Crippen LogP contribution < -0.4 is 0 Å². The smallest absolute Gasteiger partial charge is 0.306 e. The number of esters is 1. The fraction of sp³-hybridized carbons (Fsp3) is 0.519. The highest BCUT2D eigenvalue weighted by Gasteiger charge is 2.57. The van der Waals surface area contributed by atoms with Crippen molar-refractivity contribution < 1.29 is 14.6 Å². The zero-order valence-corrected chi connectivity index (χ0v) is 18.0. The van der Waals surface area contributed by atoms with Crippen LogP contribution in [0.5, 0.6) is 0 Å². The van der Waals surface area contributed by atoms with E-state index in [0.29, 0.717) is 24.7 Å². The summed E-state index contributed by atoms with van der Waals surface area (Å²) < 4.78 is 6.16. The van der Waals surface area contributed by atoms with Gasteiger partial charge in [0.05, 0.1) is 6.10 Å². The molecule has 0 saturated heterocycles. The number of rotatable bonds is 8. The summed E-state index contributed by atoms with van der Waals surface area (Å²) in [5, 5.41) is 11.1. The number of hydrogen-bond donors (Lipinski definition) is 1. The molecule has 0 spiro atoms. The molecule has 0 amide bonds.